The van der Waals surface area contributed by atoms with Crippen LogP contribution in [0.5, 0.6) is 5.75 Å². The van der Waals surface area contributed by atoms with Crippen molar-refractivity contribution in [3.8, 4) is 5.75 Å². The SMILES string of the molecule is CCOc1ccc(NC(=O)[C@@]23C[C@H]2CN(c2ccc(C)cc2)S3(=O)=O)cc1. The molecule has 142 valence electrons. The molecule has 1 saturated carbocycles. The smallest absolute Gasteiger partial charge is 0.250 e. The highest BCUT2D eigenvalue weighted by Gasteiger charge is 2.75. The van der Waals surface area contributed by atoms with Crippen molar-refractivity contribution in [2.45, 2.75) is 25.0 Å². The number of rotatable bonds is 5. The van der Waals surface area contributed by atoms with E-state index in [1.165, 1.54) is 4.31 Å². The Hall–Kier alpha value is -2.54. The van der Waals surface area contributed by atoms with Gasteiger partial charge in [0.1, 0.15) is 5.75 Å². The van der Waals surface area contributed by atoms with Gasteiger partial charge >= 0.3 is 0 Å². The number of hydrogen-bond acceptors (Lipinski definition) is 4. The standard InChI is InChI=1S/C20H22N2O4S/c1-3-26-18-10-6-16(7-11-18)21-19(23)20-12-15(20)13-22(27(20,24)25)17-8-4-14(2)5-9-17/h4-11,15H,3,12-13H2,1-2H3,(H,21,23)/t15-,20+/m0/s1. The van der Waals surface area contributed by atoms with Gasteiger partial charge in [0.25, 0.3) is 0 Å². The fraction of sp³-hybridized carbons (Fsp3) is 0.350. The van der Waals surface area contributed by atoms with Crippen LogP contribution in [0.1, 0.15) is 18.9 Å². The Morgan fingerprint density at radius 2 is 1.85 bits per heavy atom. The van der Waals surface area contributed by atoms with Crippen LogP contribution < -0.4 is 14.4 Å². The minimum Gasteiger partial charge on any atom is -0.494 e. The lowest BCUT2D eigenvalue weighted by atomic mass is 10.2. The first kappa shape index (κ1) is 17.9. The largest absolute Gasteiger partial charge is 0.494 e. The molecule has 1 aliphatic carbocycles. The number of carbonyl (C=O) groups excluding carboxylic acids is 1. The summed E-state index contributed by atoms with van der Waals surface area (Å²) in [4.78, 5) is 12.9. The number of hydrogen-bond donors (Lipinski definition) is 1. The van der Waals surface area contributed by atoms with Gasteiger partial charge in [0.05, 0.1) is 12.3 Å². The van der Waals surface area contributed by atoms with E-state index < -0.39 is 20.7 Å². The molecule has 6 nitrogen and oxygen atoms in total. The number of ether oxygens (including phenoxy) is 1. The van der Waals surface area contributed by atoms with Gasteiger partial charge in [-0.2, -0.15) is 0 Å². The number of anilines is 2. The second kappa shape index (κ2) is 6.27. The number of amides is 1. The van der Waals surface area contributed by atoms with E-state index in [1.54, 1.807) is 36.4 Å². The maximum absolute atomic E-state index is 13.2. The van der Waals surface area contributed by atoms with E-state index in [-0.39, 0.29) is 5.92 Å². The number of nitrogens with one attached hydrogen (secondary N) is 1. The van der Waals surface area contributed by atoms with Gasteiger partial charge in [0, 0.05) is 18.2 Å². The Kier molecular flexibility index (Phi) is 4.14. The molecule has 27 heavy (non-hydrogen) atoms. The number of carbonyl (C=O) groups is 1. The van der Waals surface area contributed by atoms with Crippen molar-refractivity contribution >= 4 is 27.3 Å². The molecule has 4 rings (SSSR count). The van der Waals surface area contributed by atoms with Crippen LogP contribution in [0.3, 0.4) is 0 Å². The van der Waals surface area contributed by atoms with Gasteiger partial charge in [-0.1, -0.05) is 17.7 Å². The molecule has 0 bridgehead atoms. The van der Waals surface area contributed by atoms with E-state index >= 15 is 0 Å². The van der Waals surface area contributed by atoms with Gasteiger partial charge in [0.15, 0.2) is 4.75 Å². The zero-order valence-corrected chi connectivity index (χ0v) is 16.1. The number of fused-ring (bicyclic) bond motifs is 1. The van der Waals surface area contributed by atoms with Crippen LogP contribution >= 0.6 is 0 Å². The summed E-state index contributed by atoms with van der Waals surface area (Å²) in [7, 11) is -3.76. The minimum absolute atomic E-state index is 0.175. The molecule has 1 aliphatic heterocycles. The summed E-state index contributed by atoms with van der Waals surface area (Å²) < 4.78 is 31.7. The average molecular weight is 386 g/mol. The molecule has 2 aliphatic rings. The van der Waals surface area contributed by atoms with Crippen molar-refractivity contribution in [3.63, 3.8) is 0 Å². The molecule has 0 unspecified atom stereocenters. The molecule has 2 aromatic rings. The topological polar surface area (TPSA) is 75.7 Å². The zero-order chi connectivity index (χ0) is 19.2. The molecule has 2 fully saturated rings. The molecule has 2 aromatic carbocycles. The quantitative estimate of drug-likeness (QED) is 0.857. The molecule has 0 spiro atoms. The van der Waals surface area contributed by atoms with Gasteiger partial charge in [-0.25, -0.2) is 8.42 Å². The molecular formula is C20H22N2O4S. The first-order valence-electron chi connectivity index (χ1n) is 9.02. The molecule has 0 aromatic heterocycles. The number of nitrogens with zero attached hydrogens (tertiary/aromatic N) is 1. The number of sulfonamides is 1. The Morgan fingerprint density at radius 3 is 2.48 bits per heavy atom. The van der Waals surface area contributed by atoms with Gasteiger partial charge in [-0.05, 0) is 56.7 Å². The van der Waals surface area contributed by atoms with E-state index in [1.807, 2.05) is 26.0 Å². The fourth-order valence-electron chi connectivity index (χ4n) is 3.72. The highest BCUT2D eigenvalue weighted by atomic mass is 32.2. The zero-order valence-electron chi connectivity index (χ0n) is 15.3. The van der Waals surface area contributed by atoms with Gasteiger partial charge in [-0.3, -0.25) is 9.10 Å². The highest BCUT2D eigenvalue weighted by molar-refractivity contribution is 7.95. The summed E-state index contributed by atoms with van der Waals surface area (Å²) in [6.45, 7) is 4.75. The van der Waals surface area contributed by atoms with Crippen LogP contribution in [0.4, 0.5) is 11.4 Å². The van der Waals surface area contributed by atoms with Gasteiger partial charge in [-0.15, -0.1) is 0 Å². The Labute approximate surface area is 159 Å². The third kappa shape index (κ3) is 2.77. The van der Waals surface area contributed by atoms with E-state index in [0.29, 0.717) is 36.7 Å². The molecular weight excluding hydrogens is 364 g/mol. The fourth-order valence-corrected chi connectivity index (χ4v) is 6.08. The molecule has 1 saturated heterocycles. The van der Waals surface area contributed by atoms with E-state index in [9.17, 15) is 13.2 Å². The van der Waals surface area contributed by atoms with Crippen molar-refractivity contribution in [2.24, 2.45) is 5.92 Å². The Bertz CT molecular complexity index is 970. The molecule has 2 atom stereocenters. The van der Waals surface area contributed by atoms with Crippen molar-refractivity contribution in [1.29, 1.82) is 0 Å². The van der Waals surface area contributed by atoms with E-state index in [4.69, 9.17) is 4.74 Å². The second-order valence-corrected chi connectivity index (χ2v) is 9.19. The lowest BCUT2D eigenvalue weighted by Gasteiger charge is -2.23. The first-order chi connectivity index (χ1) is 12.9. The third-order valence-electron chi connectivity index (χ3n) is 5.32. The van der Waals surface area contributed by atoms with Crippen LogP contribution in [0.25, 0.3) is 0 Å². The van der Waals surface area contributed by atoms with Crippen LogP contribution in [-0.4, -0.2) is 32.2 Å². The summed E-state index contributed by atoms with van der Waals surface area (Å²) in [5.74, 6) is 0.0785. The summed E-state index contributed by atoms with van der Waals surface area (Å²) in [6.07, 6.45) is 0.376. The van der Waals surface area contributed by atoms with Crippen LogP contribution in [-0.2, 0) is 14.8 Å². The van der Waals surface area contributed by atoms with Crippen molar-refractivity contribution in [3.05, 3.63) is 54.1 Å². The maximum atomic E-state index is 13.2. The lowest BCUT2D eigenvalue weighted by molar-refractivity contribution is -0.116. The molecule has 7 heteroatoms. The van der Waals surface area contributed by atoms with Gasteiger partial charge < -0.3 is 10.1 Å². The van der Waals surface area contributed by atoms with Crippen molar-refractivity contribution < 1.29 is 17.9 Å². The second-order valence-electron chi connectivity index (χ2n) is 7.07. The van der Waals surface area contributed by atoms with Crippen LogP contribution in [0.15, 0.2) is 48.5 Å². The predicted molar refractivity (Wildman–Crippen MR) is 105 cm³/mol. The Morgan fingerprint density at radius 1 is 1.19 bits per heavy atom. The Balaban J connectivity index is 1.55. The lowest BCUT2D eigenvalue weighted by Crippen LogP contribution is -2.42. The monoisotopic (exact) mass is 386 g/mol. The third-order valence-corrected chi connectivity index (χ3v) is 7.86. The molecule has 1 heterocycles. The predicted octanol–water partition coefficient (Wildman–Crippen LogP) is 2.94. The van der Waals surface area contributed by atoms with Crippen molar-refractivity contribution in [1.82, 2.24) is 0 Å². The summed E-state index contributed by atoms with van der Waals surface area (Å²) >= 11 is 0. The first-order valence-corrected chi connectivity index (χ1v) is 10.5. The van der Waals surface area contributed by atoms with Crippen LogP contribution in [0.2, 0.25) is 0 Å². The summed E-state index contributed by atoms with van der Waals surface area (Å²) in [5, 5.41) is 2.77. The minimum atomic E-state index is -3.76. The maximum Gasteiger partial charge on any atom is 0.250 e. The molecule has 1 N–H and O–H groups in total. The molecule has 0 radical (unpaired) electrons. The van der Waals surface area contributed by atoms with Crippen molar-refractivity contribution in [2.75, 3.05) is 22.8 Å². The summed E-state index contributed by atoms with van der Waals surface area (Å²) in [6, 6.07) is 14.3. The van der Waals surface area contributed by atoms with Gasteiger partial charge in [0.2, 0.25) is 15.9 Å². The van der Waals surface area contributed by atoms with E-state index in [0.717, 1.165) is 5.56 Å². The van der Waals surface area contributed by atoms with Crippen LogP contribution in [0, 0.1) is 12.8 Å². The summed E-state index contributed by atoms with van der Waals surface area (Å²) in [5.41, 5.74) is 2.23. The molecule has 1 amide bonds. The highest BCUT2D eigenvalue weighted by Crippen LogP contribution is 2.58. The number of benzene rings is 2. The average Bonchev–Trinajstić information content (AvgIpc) is 3.33. The number of aryl methyl sites for hydroxylation is 1. The van der Waals surface area contributed by atoms with E-state index in [2.05, 4.69) is 5.32 Å². The normalized spacial score (nSPS) is 25.0.